The lowest BCUT2D eigenvalue weighted by atomic mass is 10.1. The van der Waals surface area contributed by atoms with Crippen molar-refractivity contribution in [2.45, 2.75) is 20.4 Å². The first-order valence-electron chi connectivity index (χ1n) is 8.24. The molecule has 0 aliphatic heterocycles. The van der Waals surface area contributed by atoms with Gasteiger partial charge in [0.25, 0.3) is 11.5 Å². The highest BCUT2D eigenvalue weighted by atomic mass is 35.5. The Morgan fingerprint density at radius 2 is 1.78 bits per heavy atom. The van der Waals surface area contributed by atoms with Crippen LogP contribution < -0.4 is 10.9 Å². The zero-order valence-corrected chi connectivity index (χ0v) is 16.3. The molecule has 1 heterocycles. The van der Waals surface area contributed by atoms with E-state index in [9.17, 15) is 9.59 Å². The summed E-state index contributed by atoms with van der Waals surface area (Å²) in [5.74, 6) is -0.388. The molecule has 0 aliphatic rings. The molecule has 1 N–H and O–H groups in total. The summed E-state index contributed by atoms with van der Waals surface area (Å²) in [5.41, 5.74) is 3.47. The van der Waals surface area contributed by atoms with Gasteiger partial charge >= 0.3 is 0 Å². The fourth-order valence-electron chi connectivity index (χ4n) is 2.51. The van der Waals surface area contributed by atoms with E-state index in [1.807, 2.05) is 32.0 Å². The molecule has 0 fully saturated rings. The number of hydrogen-bond donors (Lipinski definition) is 1. The van der Waals surface area contributed by atoms with Gasteiger partial charge in [-0.3, -0.25) is 9.59 Å². The van der Waals surface area contributed by atoms with Crippen molar-refractivity contribution in [1.82, 2.24) is 9.78 Å². The molecule has 0 saturated heterocycles. The first-order chi connectivity index (χ1) is 12.8. The van der Waals surface area contributed by atoms with Crippen LogP contribution in [0, 0.1) is 13.8 Å². The van der Waals surface area contributed by atoms with E-state index in [4.69, 9.17) is 23.2 Å². The summed E-state index contributed by atoms with van der Waals surface area (Å²) in [6.07, 6.45) is 0. The molecule has 3 aromatic rings. The van der Waals surface area contributed by atoms with Crippen molar-refractivity contribution in [3.05, 3.63) is 91.3 Å². The van der Waals surface area contributed by atoms with E-state index in [2.05, 4.69) is 10.4 Å². The molecule has 0 aliphatic carbocycles. The van der Waals surface area contributed by atoms with Crippen molar-refractivity contribution in [2.75, 3.05) is 5.32 Å². The monoisotopic (exact) mass is 401 g/mol. The van der Waals surface area contributed by atoms with Gasteiger partial charge in [0, 0.05) is 11.8 Å². The second-order valence-corrected chi connectivity index (χ2v) is 7.03. The molecule has 0 saturated carbocycles. The SMILES string of the molecule is Cc1ccc(NC(=O)c2ccc(=O)n(Cc3ccc(Cl)c(Cl)c3)n2)cc1C. The normalized spacial score (nSPS) is 10.7. The van der Waals surface area contributed by atoms with Crippen molar-refractivity contribution < 1.29 is 4.79 Å². The second kappa shape index (κ2) is 7.94. The minimum Gasteiger partial charge on any atom is -0.321 e. The molecule has 0 radical (unpaired) electrons. The van der Waals surface area contributed by atoms with Crippen LogP contribution in [-0.4, -0.2) is 15.7 Å². The highest BCUT2D eigenvalue weighted by Crippen LogP contribution is 2.22. The number of hydrogen-bond acceptors (Lipinski definition) is 3. The number of amides is 1. The summed E-state index contributed by atoms with van der Waals surface area (Å²) in [6, 6.07) is 13.4. The topological polar surface area (TPSA) is 64.0 Å². The molecule has 7 heteroatoms. The number of halogens is 2. The Balaban J connectivity index is 1.83. The third-order valence-corrected chi connectivity index (χ3v) is 4.92. The first kappa shape index (κ1) is 19.1. The Hall–Kier alpha value is -2.63. The van der Waals surface area contributed by atoms with Crippen LogP contribution in [0.5, 0.6) is 0 Å². The average molecular weight is 402 g/mol. The van der Waals surface area contributed by atoms with Crippen LogP contribution in [0.3, 0.4) is 0 Å². The summed E-state index contributed by atoms with van der Waals surface area (Å²) >= 11 is 11.9. The maximum absolute atomic E-state index is 12.5. The fraction of sp³-hybridized carbons (Fsp3) is 0.150. The quantitative estimate of drug-likeness (QED) is 0.701. The zero-order valence-electron chi connectivity index (χ0n) is 14.8. The lowest BCUT2D eigenvalue weighted by Crippen LogP contribution is -2.26. The van der Waals surface area contributed by atoms with Crippen LogP contribution in [0.4, 0.5) is 5.69 Å². The second-order valence-electron chi connectivity index (χ2n) is 6.22. The molecule has 27 heavy (non-hydrogen) atoms. The number of carbonyl (C=O) groups excluding carboxylic acids is 1. The Morgan fingerprint density at radius 1 is 1.00 bits per heavy atom. The predicted octanol–water partition coefficient (Wildman–Crippen LogP) is 4.47. The lowest BCUT2D eigenvalue weighted by Gasteiger charge is -2.10. The predicted molar refractivity (Wildman–Crippen MR) is 108 cm³/mol. The minimum absolute atomic E-state index is 0.146. The Morgan fingerprint density at radius 3 is 2.48 bits per heavy atom. The van der Waals surface area contributed by atoms with Gasteiger partial charge in [0.2, 0.25) is 0 Å². The van der Waals surface area contributed by atoms with Gasteiger partial charge in [0.15, 0.2) is 0 Å². The molecular weight excluding hydrogens is 385 g/mol. The van der Waals surface area contributed by atoms with Gasteiger partial charge in [0.05, 0.1) is 16.6 Å². The number of aryl methyl sites for hydroxylation is 2. The van der Waals surface area contributed by atoms with Crippen LogP contribution in [0.25, 0.3) is 0 Å². The van der Waals surface area contributed by atoms with Gasteiger partial charge in [-0.1, -0.05) is 35.3 Å². The molecular formula is C20H17Cl2N3O2. The average Bonchev–Trinajstić information content (AvgIpc) is 2.63. The molecule has 0 spiro atoms. The first-order valence-corrected chi connectivity index (χ1v) is 9.00. The maximum Gasteiger partial charge on any atom is 0.276 e. The number of anilines is 1. The van der Waals surface area contributed by atoms with Crippen molar-refractivity contribution in [2.24, 2.45) is 0 Å². The van der Waals surface area contributed by atoms with E-state index in [-0.39, 0.29) is 23.7 Å². The van der Waals surface area contributed by atoms with Crippen molar-refractivity contribution in [3.63, 3.8) is 0 Å². The number of aromatic nitrogens is 2. The fourth-order valence-corrected chi connectivity index (χ4v) is 2.83. The van der Waals surface area contributed by atoms with E-state index < -0.39 is 0 Å². The van der Waals surface area contributed by atoms with Crippen LogP contribution in [-0.2, 0) is 6.54 Å². The van der Waals surface area contributed by atoms with Crippen molar-refractivity contribution in [1.29, 1.82) is 0 Å². The van der Waals surface area contributed by atoms with Gasteiger partial charge in [-0.15, -0.1) is 0 Å². The molecule has 3 rings (SSSR count). The molecule has 0 atom stereocenters. The number of benzene rings is 2. The Kier molecular flexibility index (Phi) is 5.63. The number of carbonyl (C=O) groups is 1. The Labute approximate surface area is 166 Å². The van der Waals surface area contributed by atoms with Gasteiger partial charge in [-0.05, 0) is 60.9 Å². The van der Waals surface area contributed by atoms with Crippen LogP contribution in [0.1, 0.15) is 27.2 Å². The summed E-state index contributed by atoms with van der Waals surface area (Å²) in [7, 11) is 0. The zero-order chi connectivity index (χ0) is 19.6. The van der Waals surface area contributed by atoms with Gasteiger partial charge in [-0.25, -0.2) is 4.68 Å². The van der Waals surface area contributed by atoms with Crippen LogP contribution >= 0.6 is 23.2 Å². The molecule has 1 amide bonds. The number of nitrogens with zero attached hydrogens (tertiary/aromatic N) is 2. The van der Waals surface area contributed by atoms with Crippen LogP contribution in [0.2, 0.25) is 10.0 Å². The van der Waals surface area contributed by atoms with Crippen LogP contribution in [0.15, 0.2) is 53.3 Å². The number of rotatable bonds is 4. The summed E-state index contributed by atoms with van der Waals surface area (Å²) in [6.45, 7) is 4.16. The minimum atomic E-state index is -0.388. The van der Waals surface area contributed by atoms with E-state index in [1.165, 1.54) is 16.8 Å². The highest BCUT2D eigenvalue weighted by molar-refractivity contribution is 6.42. The Bertz CT molecular complexity index is 1080. The summed E-state index contributed by atoms with van der Waals surface area (Å²) in [5, 5.41) is 7.80. The molecule has 1 aromatic heterocycles. The molecule has 138 valence electrons. The number of nitrogens with one attached hydrogen (secondary N) is 1. The van der Waals surface area contributed by atoms with E-state index >= 15 is 0 Å². The van der Waals surface area contributed by atoms with Gasteiger partial charge in [-0.2, -0.15) is 5.10 Å². The van der Waals surface area contributed by atoms with E-state index in [0.717, 1.165) is 16.7 Å². The maximum atomic E-state index is 12.5. The largest absolute Gasteiger partial charge is 0.321 e. The van der Waals surface area contributed by atoms with E-state index in [0.29, 0.717) is 15.7 Å². The smallest absolute Gasteiger partial charge is 0.276 e. The third kappa shape index (κ3) is 4.56. The molecule has 0 bridgehead atoms. The van der Waals surface area contributed by atoms with E-state index in [1.54, 1.807) is 18.2 Å². The highest BCUT2D eigenvalue weighted by Gasteiger charge is 2.11. The summed E-state index contributed by atoms with van der Waals surface area (Å²) < 4.78 is 1.22. The third-order valence-electron chi connectivity index (χ3n) is 4.18. The summed E-state index contributed by atoms with van der Waals surface area (Å²) in [4.78, 5) is 24.6. The molecule has 0 unspecified atom stereocenters. The molecule has 5 nitrogen and oxygen atoms in total. The van der Waals surface area contributed by atoms with Crippen molar-refractivity contribution >= 4 is 34.8 Å². The van der Waals surface area contributed by atoms with Crippen molar-refractivity contribution in [3.8, 4) is 0 Å². The van der Waals surface area contributed by atoms with Gasteiger partial charge in [0.1, 0.15) is 5.69 Å². The van der Waals surface area contributed by atoms with Gasteiger partial charge < -0.3 is 5.32 Å². The lowest BCUT2D eigenvalue weighted by molar-refractivity contribution is 0.102. The molecule has 2 aromatic carbocycles. The standard InChI is InChI=1S/C20H17Cl2N3O2/c1-12-3-5-15(9-13(12)2)23-20(27)18-7-8-19(26)25(24-18)11-14-4-6-16(21)17(22)10-14/h3-10H,11H2,1-2H3,(H,23,27).